The number of carbonyl (C=O) groups excluding carboxylic acids is 2. The molecule has 0 spiro atoms. The number of rotatable bonds is 2. The molecule has 3 aromatic carbocycles. The number of alkyl halides is 3. The summed E-state index contributed by atoms with van der Waals surface area (Å²) >= 11 is 12.4. The summed E-state index contributed by atoms with van der Waals surface area (Å²) in [4.78, 5) is 31.5. The molecule has 0 saturated heterocycles. The minimum atomic E-state index is -5.25. The van der Waals surface area contributed by atoms with E-state index in [1.54, 1.807) is 0 Å². The summed E-state index contributed by atoms with van der Waals surface area (Å²) in [6, 6.07) is 7.95. The minimum absolute atomic E-state index is 0.0583. The van der Waals surface area contributed by atoms with E-state index in [-0.39, 0.29) is 43.8 Å². The highest BCUT2D eigenvalue weighted by molar-refractivity contribution is 6.31. The number of benzene rings is 3. The number of pyridine rings is 1. The maximum absolute atomic E-state index is 14.2. The first-order valence-electron chi connectivity index (χ1n) is 11.8. The van der Waals surface area contributed by atoms with Gasteiger partial charge in [-0.3, -0.25) is 9.69 Å². The Bertz CT molecular complexity index is 1800. The number of β-amino-alcohol motifs (C(OH)–C–C–N with tert-alkyl or cyclic N) is 1. The van der Waals surface area contributed by atoms with Crippen LogP contribution in [0.15, 0.2) is 54.6 Å². The molecule has 41 heavy (non-hydrogen) atoms. The van der Waals surface area contributed by atoms with Crippen molar-refractivity contribution < 1.29 is 36.6 Å². The molecule has 3 amide bonds. The van der Waals surface area contributed by atoms with Crippen LogP contribution >= 0.6 is 23.2 Å². The number of hydrogen-bond donors (Lipinski definition) is 3. The fourth-order valence-corrected chi connectivity index (χ4v) is 5.62. The van der Waals surface area contributed by atoms with E-state index in [1.807, 2.05) is 0 Å². The number of anilines is 2. The zero-order valence-corrected chi connectivity index (χ0v) is 21.8. The maximum atomic E-state index is 14.2. The summed E-state index contributed by atoms with van der Waals surface area (Å²) in [5, 5.41) is 16.2. The molecule has 0 aliphatic carbocycles. The highest BCUT2D eigenvalue weighted by atomic mass is 35.5. The number of aromatic nitrogens is 1. The average Bonchev–Trinajstić information content (AvgIpc) is 3.40. The van der Waals surface area contributed by atoms with Crippen LogP contribution in [0.3, 0.4) is 0 Å². The SMILES string of the molecule is O=C1NC(c2cc(F)ccc2Cl)c2c(NC(=O)N3CC(O)(C(F)(F)F)c4cc(F)ccc43)cc3nc(Cl)ccc3c21. The largest absolute Gasteiger partial charge is 0.423 e. The Morgan fingerprint density at radius 1 is 1.07 bits per heavy atom. The van der Waals surface area contributed by atoms with E-state index in [0.717, 1.165) is 24.3 Å². The van der Waals surface area contributed by atoms with E-state index >= 15 is 0 Å². The second-order valence-corrected chi connectivity index (χ2v) is 10.3. The third-order valence-electron chi connectivity index (χ3n) is 7.10. The van der Waals surface area contributed by atoms with Gasteiger partial charge >= 0.3 is 12.2 Å². The van der Waals surface area contributed by atoms with E-state index in [2.05, 4.69) is 15.6 Å². The van der Waals surface area contributed by atoms with Crippen LogP contribution < -0.4 is 15.5 Å². The van der Waals surface area contributed by atoms with Crippen LogP contribution in [0.4, 0.5) is 38.1 Å². The van der Waals surface area contributed by atoms with Crippen LogP contribution in [0.2, 0.25) is 10.2 Å². The van der Waals surface area contributed by atoms with Gasteiger partial charge < -0.3 is 15.7 Å². The second-order valence-electron chi connectivity index (χ2n) is 9.52. The lowest BCUT2D eigenvalue weighted by Gasteiger charge is -2.27. The van der Waals surface area contributed by atoms with Crippen molar-refractivity contribution in [2.75, 3.05) is 16.8 Å². The standard InChI is InChI=1S/C27H15Cl2F5N4O3/c28-16-4-1-11(30)7-14(16)23-22-18(9-17-13(3-6-20(29)35-17)21(22)24(39)37-23)36-25(40)38-10-26(41,27(32,33)34)15-8-12(31)2-5-19(15)38/h1-9,23,41H,10H2,(H,36,40)(H,37,39). The fourth-order valence-electron chi connectivity index (χ4n) is 5.24. The molecule has 3 heterocycles. The Kier molecular flexibility index (Phi) is 6.14. The van der Waals surface area contributed by atoms with Crippen LogP contribution in [0.25, 0.3) is 10.9 Å². The number of urea groups is 1. The number of nitrogens with one attached hydrogen (secondary N) is 2. The first kappa shape index (κ1) is 27.2. The third-order valence-corrected chi connectivity index (χ3v) is 7.65. The minimum Gasteiger partial charge on any atom is -0.375 e. The zero-order valence-electron chi connectivity index (χ0n) is 20.3. The summed E-state index contributed by atoms with van der Waals surface area (Å²) in [6.07, 6.45) is -5.25. The van der Waals surface area contributed by atoms with Gasteiger partial charge in [0.15, 0.2) is 0 Å². The molecule has 210 valence electrons. The van der Waals surface area contributed by atoms with E-state index in [4.69, 9.17) is 23.2 Å². The molecule has 2 unspecified atom stereocenters. The van der Waals surface area contributed by atoms with E-state index in [1.165, 1.54) is 24.3 Å². The van der Waals surface area contributed by atoms with Gasteiger partial charge in [-0.2, -0.15) is 13.2 Å². The molecular weight excluding hydrogens is 594 g/mol. The van der Waals surface area contributed by atoms with Crippen molar-refractivity contribution in [3.05, 3.63) is 98.7 Å². The molecule has 7 nitrogen and oxygen atoms in total. The average molecular weight is 609 g/mol. The summed E-state index contributed by atoms with van der Waals surface area (Å²) in [7, 11) is 0. The van der Waals surface area contributed by atoms with Crippen molar-refractivity contribution in [3.8, 4) is 0 Å². The van der Waals surface area contributed by atoms with Gasteiger partial charge in [-0.05, 0) is 54.6 Å². The predicted molar refractivity (Wildman–Crippen MR) is 140 cm³/mol. The van der Waals surface area contributed by atoms with Crippen molar-refractivity contribution >= 4 is 57.4 Å². The van der Waals surface area contributed by atoms with Crippen LogP contribution in [0.1, 0.15) is 33.1 Å². The number of aliphatic hydroxyl groups is 1. The topological polar surface area (TPSA) is 94.6 Å². The third kappa shape index (κ3) is 4.25. The number of nitrogens with zero attached hydrogens (tertiary/aromatic N) is 2. The molecule has 2 aliphatic heterocycles. The van der Waals surface area contributed by atoms with Crippen molar-refractivity contribution in [1.82, 2.24) is 10.3 Å². The number of amides is 3. The molecule has 0 saturated carbocycles. The number of carbonyl (C=O) groups is 2. The molecular formula is C27H15Cl2F5N4O3. The Morgan fingerprint density at radius 3 is 2.51 bits per heavy atom. The first-order chi connectivity index (χ1) is 19.3. The van der Waals surface area contributed by atoms with Gasteiger partial charge in [0.05, 0.1) is 35.0 Å². The summed E-state index contributed by atoms with van der Waals surface area (Å²) in [5.41, 5.74) is -4.29. The van der Waals surface area contributed by atoms with Crippen LogP contribution in [0.5, 0.6) is 0 Å². The molecule has 0 bridgehead atoms. The molecule has 2 atom stereocenters. The zero-order chi connectivity index (χ0) is 29.4. The highest BCUT2D eigenvalue weighted by Crippen LogP contribution is 2.49. The Hall–Kier alpha value is -4.00. The van der Waals surface area contributed by atoms with Crippen molar-refractivity contribution in [2.45, 2.75) is 17.8 Å². The summed E-state index contributed by atoms with van der Waals surface area (Å²) < 4.78 is 69.9. The van der Waals surface area contributed by atoms with E-state index < -0.39 is 53.5 Å². The monoisotopic (exact) mass is 608 g/mol. The van der Waals surface area contributed by atoms with Gasteiger partial charge in [-0.15, -0.1) is 0 Å². The molecule has 1 aromatic heterocycles. The second kappa shape index (κ2) is 9.26. The van der Waals surface area contributed by atoms with Gasteiger partial charge in [-0.25, -0.2) is 18.6 Å². The fraction of sp³-hybridized carbons (Fsp3) is 0.148. The highest BCUT2D eigenvalue weighted by Gasteiger charge is 2.61. The lowest BCUT2D eigenvalue weighted by Crippen LogP contribution is -2.48. The number of hydrogen-bond acceptors (Lipinski definition) is 4. The van der Waals surface area contributed by atoms with Crippen molar-refractivity contribution in [2.24, 2.45) is 0 Å². The lowest BCUT2D eigenvalue weighted by atomic mass is 9.93. The van der Waals surface area contributed by atoms with Crippen molar-refractivity contribution in [1.29, 1.82) is 0 Å². The number of halogens is 7. The Balaban J connectivity index is 1.50. The molecule has 4 aromatic rings. The predicted octanol–water partition coefficient (Wildman–Crippen LogP) is 6.45. The Labute approximate surface area is 237 Å². The van der Waals surface area contributed by atoms with Crippen LogP contribution in [-0.4, -0.2) is 34.7 Å². The summed E-state index contributed by atoms with van der Waals surface area (Å²) in [6.45, 7) is -1.27. The molecule has 6 rings (SSSR count). The van der Waals surface area contributed by atoms with Crippen LogP contribution in [0, 0.1) is 11.6 Å². The van der Waals surface area contributed by atoms with Crippen molar-refractivity contribution in [3.63, 3.8) is 0 Å². The van der Waals surface area contributed by atoms with Crippen LogP contribution in [-0.2, 0) is 5.60 Å². The molecule has 2 aliphatic rings. The van der Waals surface area contributed by atoms with E-state index in [9.17, 15) is 36.6 Å². The summed E-state index contributed by atoms with van der Waals surface area (Å²) in [5.74, 6) is -2.30. The number of fused-ring (bicyclic) bond motifs is 4. The molecule has 14 heteroatoms. The quantitative estimate of drug-likeness (QED) is 0.180. The smallest absolute Gasteiger partial charge is 0.375 e. The Morgan fingerprint density at radius 2 is 1.78 bits per heavy atom. The maximum Gasteiger partial charge on any atom is 0.423 e. The first-order valence-corrected chi connectivity index (χ1v) is 12.6. The van der Waals surface area contributed by atoms with Gasteiger partial charge in [0.1, 0.15) is 16.8 Å². The van der Waals surface area contributed by atoms with Gasteiger partial charge in [-0.1, -0.05) is 23.2 Å². The lowest BCUT2D eigenvalue weighted by molar-refractivity contribution is -0.258. The molecule has 0 radical (unpaired) electrons. The van der Waals surface area contributed by atoms with E-state index in [0.29, 0.717) is 16.4 Å². The molecule has 3 N–H and O–H groups in total. The van der Waals surface area contributed by atoms with Gasteiger partial charge in [0.25, 0.3) is 5.91 Å². The van der Waals surface area contributed by atoms with Gasteiger partial charge in [0, 0.05) is 27.1 Å². The molecule has 0 fully saturated rings. The van der Waals surface area contributed by atoms with Gasteiger partial charge in [0.2, 0.25) is 5.60 Å². The normalized spacial score (nSPS) is 19.8.